The van der Waals surface area contributed by atoms with Crippen molar-refractivity contribution in [1.82, 2.24) is 15.5 Å². The van der Waals surface area contributed by atoms with E-state index in [1.807, 2.05) is 12.3 Å². The van der Waals surface area contributed by atoms with Crippen LogP contribution in [0.2, 0.25) is 0 Å². The topological polar surface area (TPSA) is 77.2 Å². The van der Waals surface area contributed by atoms with Crippen LogP contribution in [0.3, 0.4) is 0 Å². The van der Waals surface area contributed by atoms with Gasteiger partial charge in [0.15, 0.2) is 0 Å². The molecule has 0 spiro atoms. The molecule has 1 N–H and O–H groups in total. The fourth-order valence-electron chi connectivity index (χ4n) is 2.13. The SMILES string of the molecule is CSCC[C@@H](NC(=O)OC(C)(C)C)c1nnc(SCc2cccc(F)c2)o1. The standard InChI is InChI=1S/C18H24FN3O3S2/c1-18(2,3)25-16(23)20-14(8-9-26-4)15-21-22-17(24-15)27-11-12-6-5-7-13(19)10-12/h5-7,10,14H,8-9,11H2,1-4H3,(H,20,23)/t14-/m1/s1. The van der Waals surface area contributed by atoms with Gasteiger partial charge < -0.3 is 14.5 Å². The molecule has 2 aromatic rings. The second kappa shape index (κ2) is 9.98. The number of carbonyl (C=O) groups excluding carboxylic acids is 1. The van der Waals surface area contributed by atoms with Crippen molar-refractivity contribution >= 4 is 29.6 Å². The molecule has 0 unspecified atom stereocenters. The maximum Gasteiger partial charge on any atom is 0.408 e. The number of halogens is 1. The predicted octanol–water partition coefficient (Wildman–Crippen LogP) is 4.82. The lowest BCUT2D eigenvalue weighted by Crippen LogP contribution is -2.35. The van der Waals surface area contributed by atoms with Crippen LogP contribution < -0.4 is 5.32 Å². The number of aromatic nitrogens is 2. The number of thioether (sulfide) groups is 2. The van der Waals surface area contributed by atoms with Gasteiger partial charge in [-0.1, -0.05) is 23.9 Å². The summed E-state index contributed by atoms with van der Waals surface area (Å²) in [4.78, 5) is 12.1. The van der Waals surface area contributed by atoms with Crippen molar-refractivity contribution in [3.63, 3.8) is 0 Å². The highest BCUT2D eigenvalue weighted by Gasteiger charge is 2.24. The largest absolute Gasteiger partial charge is 0.444 e. The highest BCUT2D eigenvalue weighted by molar-refractivity contribution is 7.98. The van der Waals surface area contributed by atoms with Gasteiger partial charge in [-0.15, -0.1) is 10.2 Å². The van der Waals surface area contributed by atoms with Crippen LogP contribution in [0.5, 0.6) is 0 Å². The summed E-state index contributed by atoms with van der Waals surface area (Å²) < 4.78 is 24.2. The fourth-order valence-corrected chi connectivity index (χ4v) is 3.32. The number of ether oxygens (including phenoxy) is 1. The first-order valence-corrected chi connectivity index (χ1v) is 10.8. The Bertz CT molecular complexity index is 749. The van der Waals surface area contributed by atoms with Gasteiger partial charge in [0.2, 0.25) is 5.89 Å². The third-order valence-corrected chi connectivity index (χ3v) is 4.81. The monoisotopic (exact) mass is 413 g/mol. The molecule has 2 rings (SSSR count). The first kappa shape index (κ1) is 21.6. The molecule has 1 atom stereocenters. The first-order valence-electron chi connectivity index (χ1n) is 8.46. The molecule has 0 aliphatic heterocycles. The van der Waals surface area contributed by atoms with Crippen LogP contribution in [-0.4, -0.2) is 33.9 Å². The van der Waals surface area contributed by atoms with E-state index in [0.717, 1.165) is 11.3 Å². The summed E-state index contributed by atoms with van der Waals surface area (Å²) >= 11 is 2.97. The van der Waals surface area contributed by atoms with Crippen LogP contribution in [0.25, 0.3) is 0 Å². The average molecular weight is 414 g/mol. The molecular formula is C18H24FN3O3S2. The minimum Gasteiger partial charge on any atom is -0.444 e. The second-order valence-electron chi connectivity index (χ2n) is 6.81. The molecule has 0 bridgehead atoms. The first-order chi connectivity index (χ1) is 12.8. The summed E-state index contributed by atoms with van der Waals surface area (Å²) in [5.74, 6) is 1.37. The Kier molecular flexibility index (Phi) is 7.97. The number of nitrogens with one attached hydrogen (secondary N) is 1. The summed E-state index contributed by atoms with van der Waals surface area (Å²) in [7, 11) is 0. The van der Waals surface area contributed by atoms with Crippen LogP contribution in [0.15, 0.2) is 33.9 Å². The molecule has 0 radical (unpaired) electrons. The highest BCUT2D eigenvalue weighted by atomic mass is 32.2. The van der Waals surface area contributed by atoms with Crippen molar-refractivity contribution in [1.29, 1.82) is 0 Å². The molecule has 9 heteroatoms. The molecule has 1 heterocycles. The number of carbonyl (C=O) groups is 1. The smallest absolute Gasteiger partial charge is 0.408 e. The zero-order valence-corrected chi connectivity index (χ0v) is 17.5. The van der Waals surface area contributed by atoms with Crippen molar-refractivity contribution in [2.45, 2.75) is 49.8 Å². The van der Waals surface area contributed by atoms with E-state index in [1.54, 1.807) is 38.6 Å². The maximum absolute atomic E-state index is 13.2. The van der Waals surface area contributed by atoms with E-state index in [2.05, 4.69) is 15.5 Å². The van der Waals surface area contributed by atoms with Crippen LogP contribution in [0.1, 0.15) is 44.7 Å². The van der Waals surface area contributed by atoms with Crippen molar-refractivity contribution in [2.24, 2.45) is 0 Å². The van der Waals surface area contributed by atoms with Gasteiger partial charge in [-0.2, -0.15) is 11.8 Å². The maximum atomic E-state index is 13.2. The normalized spacial score (nSPS) is 12.6. The number of hydrogen-bond acceptors (Lipinski definition) is 7. The highest BCUT2D eigenvalue weighted by Crippen LogP contribution is 2.25. The van der Waals surface area contributed by atoms with Gasteiger partial charge >= 0.3 is 6.09 Å². The zero-order valence-electron chi connectivity index (χ0n) is 15.8. The van der Waals surface area contributed by atoms with E-state index in [-0.39, 0.29) is 5.82 Å². The average Bonchev–Trinajstić information content (AvgIpc) is 3.04. The minimum absolute atomic E-state index is 0.280. The summed E-state index contributed by atoms with van der Waals surface area (Å²) in [5, 5.41) is 11.2. The summed E-state index contributed by atoms with van der Waals surface area (Å²) in [6, 6.07) is 5.93. The second-order valence-corrected chi connectivity index (χ2v) is 8.72. The van der Waals surface area contributed by atoms with E-state index >= 15 is 0 Å². The van der Waals surface area contributed by atoms with Gasteiger partial charge in [0, 0.05) is 5.75 Å². The molecule has 1 aromatic heterocycles. The Balaban J connectivity index is 2.00. The number of alkyl carbamates (subject to hydrolysis) is 1. The Hall–Kier alpha value is -1.74. The molecule has 1 amide bonds. The molecule has 0 fully saturated rings. The van der Waals surface area contributed by atoms with Gasteiger partial charge in [-0.3, -0.25) is 0 Å². The Morgan fingerprint density at radius 1 is 1.37 bits per heavy atom. The van der Waals surface area contributed by atoms with Crippen molar-refractivity contribution in [3.05, 3.63) is 41.5 Å². The fraction of sp³-hybridized carbons (Fsp3) is 0.500. The molecule has 0 aliphatic carbocycles. The summed E-state index contributed by atoms with van der Waals surface area (Å²) in [6.07, 6.45) is 2.09. The molecule has 0 aliphatic rings. The molecule has 0 saturated heterocycles. The van der Waals surface area contributed by atoms with Gasteiger partial charge in [0.05, 0.1) is 0 Å². The lowest BCUT2D eigenvalue weighted by molar-refractivity contribution is 0.0493. The van der Waals surface area contributed by atoms with Crippen LogP contribution in [-0.2, 0) is 10.5 Å². The van der Waals surface area contributed by atoms with E-state index in [1.165, 1.54) is 23.9 Å². The van der Waals surface area contributed by atoms with Crippen molar-refractivity contribution in [2.75, 3.05) is 12.0 Å². The van der Waals surface area contributed by atoms with Gasteiger partial charge in [-0.25, -0.2) is 9.18 Å². The molecule has 0 saturated carbocycles. The number of amides is 1. The minimum atomic E-state index is -0.588. The zero-order chi connectivity index (χ0) is 19.9. The van der Waals surface area contributed by atoms with Crippen LogP contribution in [0.4, 0.5) is 9.18 Å². The molecular weight excluding hydrogens is 389 g/mol. The lowest BCUT2D eigenvalue weighted by atomic mass is 10.2. The molecule has 27 heavy (non-hydrogen) atoms. The van der Waals surface area contributed by atoms with Crippen molar-refractivity contribution in [3.8, 4) is 0 Å². The van der Waals surface area contributed by atoms with Gasteiger partial charge in [0.1, 0.15) is 17.5 Å². The van der Waals surface area contributed by atoms with Gasteiger partial charge in [0.25, 0.3) is 5.22 Å². The number of hydrogen-bond donors (Lipinski definition) is 1. The number of nitrogens with zero attached hydrogens (tertiary/aromatic N) is 2. The quantitative estimate of drug-likeness (QED) is 0.622. The van der Waals surface area contributed by atoms with E-state index in [9.17, 15) is 9.18 Å². The third-order valence-electron chi connectivity index (χ3n) is 3.27. The van der Waals surface area contributed by atoms with Crippen LogP contribution >= 0.6 is 23.5 Å². The molecule has 6 nitrogen and oxygen atoms in total. The van der Waals surface area contributed by atoms with E-state index in [0.29, 0.717) is 23.3 Å². The lowest BCUT2D eigenvalue weighted by Gasteiger charge is -2.22. The number of rotatable bonds is 8. The van der Waals surface area contributed by atoms with E-state index in [4.69, 9.17) is 9.15 Å². The number of benzene rings is 1. The Morgan fingerprint density at radius 3 is 2.81 bits per heavy atom. The summed E-state index contributed by atoms with van der Waals surface area (Å²) in [6.45, 7) is 5.41. The van der Waals surface area contributed by atoms with Crippen LogP contribution in [0, 0.1) is 5.82 Å². The predicted molar refractivity (Wildman–Crippen MR) is 105 cm³/mol. The molecule has 148 valence electrons. The Labute approximate surface area is 167 Å². The van der Waals surface area contributed by atoms with E-state index < -0.39 is 17.7 Å². The summed E-state index contributed by atoms with van der Waals surface area (Å²) in [5.41, 5.74) is 0.236. The molecule has 1 aromatic carbocycles. The van der Waals surface area contributed by atoms with Gasteiger partial charge in [-0.05, 0) is 56.9 Å². The third kappa shape index (κ3) is 7.80. The van der Waals surface area contributed by atoms with Crippen molar-refractivity contribution < 1.29 is 18.3 Å². The Morgan fingerprint density at radius 2 is 2.15 bits per heavy atom.